The van der Waals surface area contributed by atoms with Crippen LogP contribution in [0.3, 0.4) is 0 Å². The molecule has 0 saturated carbocycles. The SMILES string of the molecule is CCc1ccc(-c2nc(CC(=O)NNC(=O)c3ccc(F)cc3)cs2)cc1. The molecule has 0 aliphatic heterocycles. The lowest BCUT2D eigenvalue weighted by Gasteiger charge is -2.06. The molecule has 0 aliphatic rings. The van der Waals surface area contributed by atoms with E-state index in [1.54, 1.807) is 0 Å². The van der Waals surface area contributed by atoms with Gasteiger partial charge in [-0.05, 0) is 36.2 Å². The van der Waals surface area contributed by atoms with Crippen molar-refractivity contribution in [3.05, 3.63) is 76.5 Å². The van der Waals surface area contributed by atoms with Gasteiger partial charge in [0.1, 0.15) is 10.8 Å². The molecular weight excluding hydrogens is 365 g/mol. The number of rotatable bonds is 5. The van der Waals surface area contributed by atoms with E-state index >= 15 is 0 Å². The van der Waals surface area contributed by atoms with Crippen molar-refractivity contribution in [1.29, 1.82) is 0 Å². The summed E-state index contributed by atoms with van der Waals surface area (Å²) in [5, 5.41) is 2.67. The lowest BCUT2D eigenvalue weighted by atomic mass is 10.1. The molecular formula is C20H18FN3O2S. The van der Waals surface area contributed by atoms with Crippen LogP contribution in [0.5, 0.6) is 0 Å². The number of nitrogens with one attached hydrogen (secondary N) is 2. The van der Waals surface area contributed by atoms with E-state index in [0.29, 0.717) is 5.69 Å². The van der Waals surface area contributed by atoms with Gasteiger partial charge in [-0.2, -0.15) is 0 Å². The molecule has 0 atom stereocenters. The molecule has 0 unspecified atom stereocenters. The third-order valence-corrected chi connectivity index (χ3v) is 4.86. The fourth-order valence-corrected chi connectivity index (χ4v) is 3.24. The van der Waals surface area contributed by atoms with Gasteiger partial charge in [-0.3, -0.25) is 20.4 Å². The van der Waals surface area contributed by atoms with Crippen molar-refractivity contribution >= 4 is 23.2 Å². The van der Waals surface area contributed by atoms with Crippen molar-refractivity contribution in [2.24, 2.45) is 0 Å². The summed E-state index contributed by atoms with van der Waals surface area (Å²) in [4.78, 5) is 28.4. The molecule has 0 aliphatic carbocycles. The number of hydrazine groups is 1. The van der Waals surface area contributed by atoms with Crippen molar-refractivity contribution < 1.29 is 14.0 Å². The zero-order valence-electron chi connectivity index (χ0n) is 14.7. The fraction of sp³-hybridized carbons (Fsp3) is 0.150. The van der Waals surface area contributed by atoms with Crippen LogP contribution in [0.25, 0.3) is 10.6 Å². The maximum atomic E-state index is 12.9. The Morgan fingerprint density at radius 1 is 1.04 bits per heavy atom. The van der Waals surface area contributed by atoms with Crippen LogP contribution in [0, 0.1) is 5.82 Å². The van der Waals surface area contributed by atoms with E-state index in [2.05, 4.69) is 34.9 Å². The Hall–Kier alpha value is -3.06. The van der Waals surface area contributed by atoms with Crippen LogP contribution < -0.4 is 10.9 Å². The van der Waals surface area contributed by atoms with Gasteiger partial charge < -0.3 is 0 Å². The summed E-state index contributed by atoms with van der Waals surface area (Å²) in [6, 6.07) is 13.2. The number of hydrogen-bond donors (Lipinski definition) is 2. The number of amides is 2. The summed E-state index contributed by atoms with van der Waals surface area (Å²) in [6.45, 7) is 2.10. The van der Waals surface area contributed by atoms with Crippen LogP contribution in [0.1, 0.15) is 28.5 Å². The Labute approximate surface area is 160 Å². The Bertz CT molecular complexity index is 937. The number of aryl methyl sites for hydroxylation is 1. The average Bonchev–Trinajstić information content (AvgIpc) is 3.15. The molecule has 138 valence electrons. The minimum atomic E-state index is -0.515. The van der Waals surface area contributed by atoms with Crippen molar-refractivity contribution in [2.75, 3.05) is 0 Å². The van der Waals surface area contributed by atoms with E-state index in [4.69, 9.17) is 0 Å². The van der Waals surface area contributed by atoms with E-state index in [1.807, 2.05) is 17.5 Å². The highest BCUT2D eigenvalue weighted by Crippen LogP contribution is 2.24. The zero-order valence-corrected chi connectivity index (χ0v) is 15.5. The number of carbonyl (C=O) groups is 2. The van der Waals surface area contributed by atoms with Gasteiger partial charge in [-0.15, -0.1) is 11.3 Å². The van der Waals surface area contributed by atoms with Crippen LogP contribution >= 0.6 is 11.3 Å². The number of hydrogen-bond acceptors (Lipinski definition) is 4. The van der Waals surface area contributed by atoms with Gasteiger partial charge in [0.25, 0.3) is 5.91 Å². The second kappa shape index (κ2) is 8.55. The molecule has 0 radical (unpaired) electrons. The Balaban J connectivity index is 1.54. The fourth-order valence-electron chi connectivity index (χ4n) is 2.41. The molecule has 2 aromatic carbocycles. The standard InChI is InChI=1S/C20H18FN3O2S/c1-2-13-3-5-15(6-4-13)20-22-17(12-27-20)11-18(25)23-24-19(26)14-7-9-16(21)10-8-14/h3-10,12H,2,11H2,1H3,(H,23,25)(H,24,26). The maximum absolute atomic E-state index is 12.9. The minimum Gasteiger partial charge on any atom is -0.273 e. The Morgan fingerprint density at radius 3 is 2.41 bits per heavy atom. The zero-order chi connectivity index (χ0) is 19.2. The summed E-state index contributed by atoms with van der Waals surface area (Å²) in [5.41, 5.74) is 7.79. The van der Waals surface area contributed by atoms with E-state index in [-0.39, 0.29) is 17.9 Å². The molecule has 0 saturated heterocycles. The van der Waals surface area contributed by atoms with Crippen LogP contribution in [0.4, 0.5) is 4.39 Å². The predicted molar refractivity (Wildman–Crippen MR) is 103 cm³/mol. The van der Waals surface area contributed by atoms with Gasteiger partial charge in [-0.1, -0.05) is 31.2 Å². The second-order valence-corrected chi connectivity index (χ2v) is 6.74. The van der Waals surface area contributed by atoms with Crippen molar-refractivity contribution in [1.82, 2.24) is 15.8 Å². The van der Waals surface area contributed by atoms with Crippen LogP contribution in [-0.4, -0.2) is 16.8 Å². The predicted octanol–water partition coefficient (Wildman–Crippen LogP) is 3.52. The highest BCUT2D eigenvalue weighted by Gasteiger charge is 2.11. The number of carbonyl (C=O) groups excluding carboxylic acids is 2. The van der Waals surface area contributed by atoms with Crippen LogP contribution in [0.2, 0.25) is 0 Å². The molecule has 0 bridgehead atoms. The summed E-state index contributed by atoms with van der Waals surface area (Å²) >= 11 is 1.47. The molecule has 3 rings (SSSR count). The Morgan fingerprint density at radius 2 is 1.74 bits per heavy atom. The van der Waals surface area contributed by atoms with Crippen LogP contribution in [0.15, 0.2) is 53.9 Å². The molecule has 5 nitrogen and oxygen atoms in total. The van der Waals surface area contributed by atoms with E-state index in [0.717, 1.165) is 17.0 Å². The molecule has 1 aromatic heterocycles. The first-order chi connectivity index (χ1) is 13.0. The van der Waals surface area contributed by atoms with E-state index in [9.17, 15) is 14.0 Å². The number of halogens is 1. The lowest BCUT2D eigenvalue weighted by molar-refractivity contribution is -0.121. The molecule has 2 N–H and O–H groups in total. The normalized spacial score (nSPS) is 10.4. The molecule has 2 amide bonds. The highest BCUT2D eigenvalue weighted by atomic mass is 32.1. The second-order valence-electron chi connectivity index (χ2n) is 5.88. The van der Waals surface area contributed by atoms with Gasteiger partial charge in [0.2, 0.25) is 5.91 Å². The topological polar surface area (TPSA) is 71.1 Å². The number of aromatic nitrogens is 1. The number of benzene rings is 2. The van der Waals surface area contributed by atoms with Crippen molar-refractivity contribution in [2.45, 2.75) is 19.8 Å². The van der Waals surface area contributed by atoms with Crippen LogP contribution in [-0.2, 0) is 17.6 Å². The number of thiazole rings is 1. The molecule has 27 heavy (non-hydrogen) atoms. The third kappa shape index (κ3) is 4.98. The van der Waals surface area contributed by atoms with E-state index in [1.165, 1.54) is 41.2 Å². The smallest absolute Gasteiger partial charge is 0.269 e. The van der Waals surface area contributed by atoms with Gasteiger partial charge in [0.05, 0.1) is 12.1 Å². The molecule has 3 aromatic rings. The largest absolute Gasteiger partial charge is 0.273 e. The quantitative estimate of drug-likeness (QED) is 0.663. The molecule has 1 heterocycles. The summed E-state index contributed by atoms with van der Waals surface area (Å²) in [5.74, 6) is -1.33. The summed E-state index contributed by atoms with van der Waals surface area (Å²) in [7, 11) is 0. The number of nitrogens with zero attached hydrogens (tertiary/aromatic N) is 1. The monoisotopic (exact) mass is 383 g/mol. The minimum absolute atomic E-state index is 0.0489. The molecule has 0 fully saturated rings. The van der Waals surface area contributed by atoms with Gasteiger partial charge >= 0.3 is 0 Å². The summed E-state index contributed by atoms with van der Waals surface area (Å²) in [6.07, 6.45) is 1.03. The van der Waals surface area contributed by atoms with Crippen molar-refractivity contribution in [3.8, 4) is 10.6 Å². The highest BCUT2D eigenvalue weighted by molar-refractivity contribution is 7.13. The van der Waals surface area contributed by atoms with Gasteiger partial charge in [-0.25, -0.2) is 9.37 Å². The van der Waals surface area contributed by atoms with E-state index < -0.39 is 11.7 Å². The third-order valence-electron chi connectivity index (χ3n) is 3.92. The average molecular weight is 383 g/mol. The van der Waals surface area contributed by atoms with Gasteiger partial charge in [0, 0.05) is 16.5 Å². The first-order valence-electron chi connectivity index (χ1n) is 8.43. The first-order valence-corrected chi connectivity index (χ1v) is 9.31. The maximum Gasteiger partial charge on any atom is 0.269 e. The lowest BCUT2D eigenvalue weighted by Crippen LogP contribution is -2.42. The summed E-state index contributed by atoms with van der Waals surface area (Å²) < 4.78 is 12.9. The molecule has 0 spiro atoms. The van der Waals surface area contributed by atoms with Gasteiger partial charge in [0.15, 0.2) is 0 Å². The molecule has 7 heteroatoms. The first kappa shape index (κ1) is 18.7. The van der Waals surface area contributed by atoms with Crippen molar-refractivity contribution in [3.63, 3.8) is 0 Å². The Kier molecular flexibility index (Phi) is 5.93.